The van der Waals surface area contributed by atoms with E-state index in [1.807, 2.05) is 0 Å². The minimum absolute atomic E-state index is 0.0195. The monoisotopic (exact) mass is 371 g/mol. The first-order valence-corrected chi connectivity index (χ1v) is 8.61. The number of rotatable bonds is 4. The number of nitrogens with zero attached hydrogens (tertiary/aromatic N) is 1. The molecule has 1 saturated heterocycles. The lowest BCUT2D eigenvalue weighted by atomic mass is 10.1. The molecule has 26 heavy (non-hydrogen) atoms. The second-order valence-electron chi connectivity index (χ2n) is 6.03. The van der Waals surface area contributed by atoms with Crippen molar-refractivity contribution in [2.75, 3.05) is 22.1 Å². The van der Waals surface area contributed by atoms with E-state index in [0.717, 1.165) is 6.42 Å². The third-order valence-corrected chi connectivity index (χ3v) is 4.24. The van der Waals surface area contributed by atoms with Gasteiger partial charge in [0.15, 0.2) is 0 Å². The van der Waals surface area contributed by atoms with Gasteiger partial charge in [-0.05, 0) is 42.8 Å². The van der Waals surface area contributed by atoms with E-state index in [0.29, 0.717) is 40.6 Å². The largest absolute Gasteiger partial charge is 0.326 e. The standard InChI is InChI=1S/C19H18ClN3O3/c1-12(24)21-14-4-2-5-15(11-14)22-19(26)16-8-7-13(20)10-17(16)23-9-3-6-18(23)25/h2,4-5,7-8,10-11H,3,6,9H2,1H3,(H,21,24)(H,22,26). The van der Waals surface area contributed by atoms with Gasteiger partial charge in [0.25, 0.3) is 5.91 Å². The van der Waals surface area contributed by atoms with Crippen LogP contribution in [0.1, 0.15) is 30.1 Å². The summed E-state index contributed by atoms with van der Waals surface area (Å²) in [5, 5.41) is 5.93. The van der Waals surface area contributed by atoms with Crippen LogP contribution < -0.4 is 15.5 Å². The predicted molar refractivity (Wildman–Crippen MR) is 102 cm³/mol. The lowest BCUT2D eigenvalue weighted by Gasteiger charge is -2.20. The number of anilines is 3. The van der Waals surface area contributed by atoms with Crippen molar-refractivity contribution in [1.29, 1.82) is 0 Å². The summed E-state index contributed by atoms with van der Waals surface area (Å²) in [6.45, 7) is 1.98. The topological polar surface area (TPSA) is 78.5 Å². The molecule has 0 radical (unpaired) electrons. The Kier molecular flexibility index (Phi) is 5.23. The van der Waals surface area contributed by atoms with E-state index in [4.69, 9.17) is 11.6 Å². The zero-order valence-corrected chi connectivity index (χ0v) is 15.0. The molecule has 0 saturated carbocycles. The molecule has 1 fully saturated rings. The van der Waals surface area contributed by atoms with Gasteiger partial charge in [0, 0.05) is 36.3 Å². The van der Waals surface area contributed by atoms with Crippen molar-refractivity contribution in [3.05, 3.63) is 53.1 Å². The molecule has 0 spiro atoms. The minimum Gasteiger partial charge on any atom is -0.326 e. The zero-order valence-electron chi connectivity index (χ0n) is 14.2. The molecule has 0 aliphatic carbocycles. The van der Waals surface area contributed by atoms with Gasteiger partial charge in [0.2, 0.25) is 11.8 Å². The molecule has 3 amide bonds. The fourth-order valence-corrected chi connectivity index (χ4v) is 3.07. The van der Waals surface area contributed by atoms with Crippen LogP contribution in [0.2, 0.25) is 5.02 Å². The number of hydrogen-bond donors (Lipinski definition) is 2. The van der Waals surface area contributed by atoms with Gasteiger partial charge in [-0.15, -0.1) is 0 Å². The summed E-state index contributed by atoms with van der Waals surface area (Å²) in [7, 11) is 0. The van der Waals surface area contributed by atoms with Crippen LogP contribution in [0.15, 0.2) is 42.5 Å². The summed E-state index contributed by atoms with van der Waals surface area (Å²) < 4.78 is 0. The number of nitrogens with one attached hydrogen (secondary N) is 2. The summed E-state index contributed by atoms with van der Waals surface area (Å²) in [6, 6.07) is 11.7. The van der Waals surface area contributed by atoms with Crippen LogP contribution in [-0.4, -0.2) is 24.3 Å². The first kappa shape index (κ1) is 17.9. The van der Waals surface area contributed by atoms with Gasteiger partial charge in [0.05, 0.1) is 11.3 Å². The number of halogens is 1. The van der Waals surface area contributed by atoms with Gasteiger partial charge in [-0.1, -0.05) is 17.7 Å². The lowest BCUT2D eigenvalue weighted by molar-refractivity contribution is -0.117. The molecular formula is C19H18ClN3O3. The van der Waals surface area contributed by atoms with Gasteiger partial charge >= 0.3 is 0 Å². The number of carbonyl (C=O) groups is 3. The fraction of sp³-hybridized carbons (Fsp3) is 0.211. The molecule has 2 aromatic rings. The van der Waals surface area contributed by atoms with Gasteiger partial charge in [-0.25, -0.2) is 0 Å². The number of benzene rings is 2. The van der Waals surface area contributed by atoms with E-state index in [1.165, 1.54) is 6.92 Å². The van der Waals surface area contributed by atoms with E-state index >= 15 is 0 Å². The Hall–Kier alpha value is -2.86. The Morgan fingerprint density at radius 3 is 2.46 bits per heavy atom. The first-order valence-electron chi connectivity index (χ1n) is 8.23. The second kappa shape index (κ2) is 7.58. The molecule has 6 nitrogen and oxygen atoms in total. The Morgan fingerprint density at radius 2 is 1.81 bits per heavy atom. The van der Waals surface area contributed by atoms with Crippen molar-refractivity contribution in [3.8, 4) is 0 Å². The number of hydrogen-bond acceptors (Lipinski definition) is 3. The summed E-state index contributed by atoms with van der Waals surface area (Å²) >= 11 is 6.07. The highest BCUT2D eigenvalue weighted by molar-refractivity contribution is 6.31. The van der Waals surface area contributed by atoms with E-state index in [-0.39, 0.29) is 17.7 Å². The molecule has 0 unspecified atom stereocenters. The second-order valence-corrected chi connectivity index (χ2v) is 6.46. The molecule has 1 aliphatic heterocycles. The van der Waals surface area contributed by atoms with Crippen molar-refractivity contribution in [3.63, 3.8) is 0 Å². The van der Waals surface area contributed by atoms with Crippen LogP contribution in [0.25, 0.3) is 0 Å². The Balaban J connectivity index is 1.86. The van der Waals surface area contributed by atoms with Crippen LogP contribution in [0.5, 0.6) is 0 Å². The third kappa shape index (κ3) is 4.03. The van der Waals surface area contributed by atoms with Crippen molar-refractivity contribution < 1.29 is 14.4 Å². The normalized spacial score (nSPS) is 13.6. The first-order chi connectivity index (χ1) is 12.4. The van der Waals surface area contributed by atoms with Crippen molar-refractivity contribution >= 4 is 46.4 Å². The van der Waals surface area contributed by atoms with Crippen molar-refractivity contribution in [2.45, 2.75) is 19.8 Å². The molecule has 3 rings (SSSR count). The molecular weight excluding hydrogens is 354 g/mol. The Bertz CT molecular complexity index is 882. The number of carbonyl (C=O) groups excluding carboxylic acids is 3. The van der Waals surface area contributed by atoms with Gasteiger partial charge < -0.3 is 15.5 Å². The molecule has 0 atom stereocenters. The maximum atomic E-state index is 12.8. The SMILES string of the molecule is CC(=O)Nc1cccc(NC(=O)c2ccc(Cl)cc2N2CCCC2=O)c1. The molecule has 0 aromatic heterocycles. The summed E-state index contributed by atoms with van der Waals surface area (Å²) in [4.78, 5) is 37.6. The Morgan fingerprint density at radius 1 is 1.08 bits per heavy atom. The molecule has 1 heterocycles. The molecule has 2 N–H and O–H groups in total. The van der Waals surface area contributed by atoms with E-state index in [2.05, 4.69) is 10.6 Å². The van der Waals surface area contributed by atoms with Gasteiger partial charge in [0.1, 0.15) is 0 Å². The molecule has 134 valence electrons. The minimum atomic E-state index is -0.351. The van der Waals surface area contributed by atoms with Crippen molar-refractivity contribution in [2.24, 2.45) is 0 Å². The maximum Gasteiger partial charge on any atom is 0.257 e. The van der Waals surface area contributed by atoms with Crippen LogP contribution in [0, 0.1) is 0 Å². The molecule has 7 heteroatoms. The summed E-state index contributed by atoms with van der Waals surface area (Å²) in [5.74, 6) is -0.564. The molecule has 0 bridgehead atoms. The third-order valence-electron chi connectivity index (χ3n) is 4.01. The average Bonchev–Trinajstić information content (AvgIpc) is 3.00. The predicted octanol–water partition coefficient (Wildman–Crippen LogP) is 3.68. The summed E-state index contributed by atoms with van der Waals surface area (Å²) in [5.41, 5.74) is 2.00. The van der Waals surface area contributed by atoms with E-state index < -0.39 is 0 Å². The summed E-state index contributed by atoms with van der Waals surface area (Å²) in [6.07, 6.45) is 1.22. The Labute approximate surface area is 156 Å². The molecule has 1 aliphatic rings. The maximum absolute atomic E-state index is 12.8. The van der Waals surface area contributed by atoms with Gasteiger partial charge in [-0.2, -0.15) is 0 Å². The van der Waals surface area contributed by atoms with E-state index in [9.17, 15) is 14.4 Å². The van der Waals surface area contributed by atoms with Crippen LogP contribution in [0.3, 0.4) is 0 Å². The van der Waals surface area contributed by atoms with Crippen LogP contribution in [-0.2, 0) is 9.59 Å². The van der Waals surface area contributed by atoms with Gasteiger partial charge in [-0.3, -0.25) is 14.4 Å². The quantitative estimate of drug-likeness (QED) is 0.860. The fourth-order valence-electron chi connectivity index (χ4n) is 2.90. The highest BCUT2D eigenvalue weighted by Gasteiger charge is 2.26. The van der Waals surface area contributed by atoms with Crippen LogP contribution in [0.4, 0.5) is 17.1 Å². The highest BCUT2D eigenvalue weighted by atomic mass is 35.5. The van der Waals surface area contributed by atoms with Crippen LogP contribution >= 0.6 is 11.6 Å². The smallest absolute Gasteiger partial charge is 0.257 e. The highest BCUT2D eigenvalue weighted by Crippen LogP contribution is 2.29. The van der Waals surface area contributed by atoms with Crippen molar-refractivity contribution in [1.82, 2.24) is 0 Å². The van der Waals surface area contributed by atoms with E-state index in [1.54, 1.807) is 47.4 Å². The average molecular weight is 372 g/mol. The molecule has 2 aromatic carbocycles. The lowest BCUT2D eigenvalue weighted by Crippen LogP contribution is -2.27. The number of amides is 3. The zero-order chi connectivity index (χ0) is 18.7.